The van der Waals surface area contributed by atoms with Gasteiger partial charge in [-0.25, -0.2) is 13.7 Å². The lowest BCUT2D eigenvalue weighted by Gasteiger charge is -2.33. The Balaban J connectivity index is 2.79. The first-order chi connectivity index (χ1) is 10.7. The normalized spacial score (nSPS) is 12.6. The second-order valence-corrected chi connectivity index (χ2v) is 9.21. The Morgan fingerprint density at radius 1 is 1.13 bits per heavy atom. The van der Waals surface area contributed by atoms with Crippen LogP contribution in [0.25, 0.3) is 11.4 Å². The Hall–Kier alpha value is -1.69. The van der Waals surface area contributed by atoms with Crippen molar-refractivity contribution in [2.45, 2.75) is 19.8 Å². The number of rotatable bonds is 5. The largest absolute Gasteiger partial charge is 0.399 e. The van der Waals surface area contributed by atoms with E-state index in [1.807, 2.05) is 38.1 Å². The molecule has 0 aliphatic carbocycles. The van der Waals surface area contributed by atoms with Crippen molar-refractivity contribution >= 4 is 13.3 Å². The van der Waals surface area contributed by atoms with Gasteiger partial charge in [-0.15, -0.1) is 10.2 Å². The van der Waals surface area contributed by atoms with Gasteiger partial charge in [-0.1, -0.05) is 26.0 Å². The summed E-state index contributed by atoms with van der Waals surface area (Å²) in [6, 6.07) is 7.39. The van der Waals surface area contributed by atoms with Crippen molar-refractivity contribution in [1.29, 1.82) is 0 Å². The first-order valence-electron chi connectivity index (χ1n) is 7.47. The van der Waals surface area contributed by atoms with Gasteiger partial charge in [-0.3, -0.25) is 4.57 Å². The fourth-order valence-corrected chi connectivity index (χ4v) is 4.85. The van der Waals surface area contributed by atoms with Crippen LogP contribution in [0.15, 0.2) is 24.3 Å². The van der Waals surface area contributed by atoms with Gasteiger partial charge >= 0.3 is 7.59 Å². The van der Waals surface area contributed by atoms with Gasteiger partial charge in [0.2, 0.25) is 0 Å². The number of hydrogen-bond donors (Lipinski definition) is 1. The van der Waals surface area contributed by atoms with E-state index in [9.17, 15) is 4.57 Å². The van der Waals surface area contributed by atoms with E-state index in [0.29, 0.717) is 17.3 Å². The van der Waals surface area contributed by atoms with Gasteiger partial charge in [-0.2, -0.15) is 0 Å². The SMILES string of the molecule is CC(C)c1nnc(-c2cccc(N)c2)n1P(=O)(N(C)C)N(C)C. The Morgan fingerprint density at radius 3 is 2.22 bits per heavy atom. The molecular weight excluding hydrogens is 311 g/mol. The van der Waals surface area contributed by atoms with Crippen molar-refractivity contribution in [2.24, 2.45) is 0 Å². The van der Waals surface area contributed by atoms with Crippen LogP contribution in [0.1, 0.15) is 25.6 Å². The highest BCUT2D eigenvalue weighted by Crippen LogP contribution is 2.54. The molecule has 0 spiro atoms. The van der Waals surface area contributed by atoms with E-state index in [-0.39, 0.29) is 5.92 Å². The summed E-state index contributed by atoms with van der Waals surface area (Å²) in [6.45, 7) is 4.03. The maximum absolute atomic E-state index is 13.8. The molecule has 8 heteroatoms. The highest BCUT2D eigenvalue weighted by molar-refractivity contribution is 7.57. The van der Waals surface area contributed by atoms with Gasteiger partial charge in [0.25, 0.3) is 0 Å². The first kappa shape index (κ1) is 17.7. The van der Waals surface area contributed by atoms with Crippen molar-refractivity contribution in [1.82, 2.24) is 23.9 Å². The molecule has 2 N–H and O–H groups in total. The van der Waals surface area contributed by atoms with Gasteiger partial charge in [0.05, 0.1) is 0 Å². The number of anilines is 1. The molecule has 0 saturated heterocycles. The molecule has 0 radical (unpaired) electrons. The molecule has 0 aliphatic rings. The van der Waals surface area contributed by atoms with Crippen molar-refractivity contribution in [3.8, 4) is 11.4 Å². The standard InChI is InChI=1S/C15H25N6OP/c1-11(2)14-17-18-15(12-8-7-9-13(16)10-12)21(14)23(22,19(3)4)20(5)6/h7-11H,16H2,1-6H3. The monoisotopic (exact) mass is 336 g/mol. The molecule has 126 valence electrons. The van der Waals surface area contributed by atoms with Crippen molar-refractivity contribution in [2.75, 3.05) is 33.9 Å². The molecule has 1 aromatic heterocycles. The number of benzene rings is 1. The number of nitrogens with zero attached hydrogens (tertiary/aromatic N) is 5. The fraction of sp³-hybridized carbons (Fsp3) is 0.467. The van der Waals surface area contributed by atoms with Crippen LogP contribution in [-0.4, -0.2) is 52.1 Å². The summed E-state index contributed by atoms with van der Waals surface area (Å²) in [4.78, 5) is 0. The maximum atomic E-state index is 13.8. The lowest BCUT2D eigenvalue weighted by Crippen LogP contribution is -2.27. The third-order valence-corrected chi connectivity index (χ3v) is 6.63. The summed E-state index contributed by atoms with van der Waals surface area (Å²) >= 11 is 0. The molecule has 0 aliphatic heterocycles. The summed E-state index contributed by atoms with van der Waals surface area (Å²) in [5.41, 5.74) is 7.33. The van der Waals surface area contributed by atoms with E-state index in [1.54, 1.807) is 41.9 Å². The Bertz CT molecular complexity index is 725. The van der Waals surface area contributed by atoms with Gasteiger partial charge in [0, 0.05) is 17.2 Å². The number of nitrogen functional groups attached to an aromatic ring is 1. The zero-order valence-corrected chi connectivity index (χ0v) is 15.5. The van der Waals surface area contributed by atoms with Crippen LogP contribution in [-0.2, 0) is 4.57 Å². The van der Waals surface area contributed by atoms with E-state index >= 15 is 0 Å². The minimum absolute atomic E-state index is 0.0885. The fourth-order valence-electron chi connectivity index (χ4n) is 2.48. The zero-order valence-electron chi connectivity index (χ0n) is 14.6. The summed E-state index contributed by atoms with van der Waals surface area (Å²) in [5.74, 6) is 1.34. The third-order valence-electron chi connectivity index (χ3n) is 3.63. The summed E-state index contributed by atoms with van der Waals surface area (Å²) < 4.78 is 19.0. The smallest absolute Gasteiger partial charge is 0.316 e. The molecular formula is C15H25N6OP. The Labute approximate surface area is 137 Å². The van der Waals surface area contributed by atoms with E-state index in [0.717, 1.165) is 5.56 Å². The zero-order chi connectivity index (χ0) is 17.4. The molecule has 7 nitrogen and oxygen atoms in total. The molecule has 2 aromatic rings. The molecule has 1 heterocycles. The molecule has 0 atom stereocenters. The Morgan fingerprint density at radius 2 is 1.74 bits per heavy atom. The van der Waals surface area contributed by atoms with Crippen LogP contribution < -0.4 is 5.73 Å². The van der Waals surface area contributed by atoms with Gasteiger partial charge in [0.15, 0.2) is 5.82 Å². The van der Waals surface area contributed by atoms with Crippen LogP contribution in [0.2, 0.25) is 0 Å². The molecule has 1 aromatic carbocycles. The van der Waals surface area contributed by atoms with E-state index < -0.39 is 7.59 Å². The van der Waals surface area contributed by atoms with E-state index in [1.165, 1.54) is 0 Å². The molecule has 0 fully saturated rings. The van der Waals surface area contributed by atoms with Crippen molar-refractivity contribution in [3.05, 3.63) is 30.1 Å². The second-order valence-electron chi connectivity index (χ2n) is 6.18. The summed E-state index contributed by atoms with van der Waals surface area (Å²) in [7, 11) is 4.14. The van der Waals surface area contributed by atoms with Crippen LogP contribution in [0.3, 0.4) is 0 Å². The molecule has 23 heavy (non-hydrogen) atoms. The highest BCUT2D eigenvalue weighted by atomic mass is 31.2. The average Bonchev–Trinajstić information content (AvgIpc) is 2.91. The lowest BCUT2D eigenvalue weighted by atomic mass is 10.2. The molecule has 0 saturated carbocycles. The molecule has 0 unspecified atom stereocenters. The van der Waals surface area contributed by atoms with E-state index in [4.69, 9.17) is 5.73 Å². The van der Waals surface area contributed by atoms with Crippen LogP contribution in [0.4, 0.5) is 5.69 Å². The lowest BCUT2D eigenvalue weighted by molar-refractivity contribution is 0.434. The predicted molar refractivity (Wildman–Crippen MR) is 94.3 cm³/mol. The van der Waals surface area contributed by atoms with Crippen LogP contribution in [0, 0.1) is 0 Å². The summed E-state index contributed by atoms with van der Waals surface area (Å²) in [6.07, 6.45) is 0. The van der Waals surface area contributed by atoms with Gasteiger partial charge in [-0.05, 0) is 40.3 Å². The molecule has 0 bridgehead atoms. The third kappa shape index (κ3) is 3.04. The number of nitrogens with two attached hydrogens (primary N) is 1. The quantitative estimate of drug-likeness (QED) is 0.668. The predicted octanol–water partition coefficient (Wildman–Crippen LogP) is 2.73. The van der Waals surface area contributed by atoms with Crippen molar-refractivity contribution < 1.29 is 4.57 Å². The van der Waals surface area contributed by atoms with Crippen LogP contribution >= 0.6 is 7.59 Å². The summed E-state index contributed by atoms with van der Waals surface area (Å²) in [5, 5.41) is 8.61. The Kier molecular flexibility index (Phi) is 4.94. The second kappa shape index (κ2) is 6.43. The first-order valence-corrected chi connectivity index (χ1v) is 9.03. The van der Waals surface area contributed by atoms with Gasteiger partial charge < -0.3 is 5.73 Å². The topological polar surface area (TPSA) is 80.3 Å². The molecule has 0 amide bonds. The highest BCUT2D eigenvalue weighted by Gasteiger charge is 2.36. The van der Waals surface area contributed by atoms with Crippen molar-refractivity contribution in [3.63, 3.8) is 0 Å². The van der Waals surface area contributed by atoms with Gasteiger partial charge in [0.1, 0.15) is 5.82 Å². The minimum atomic E-state index is -3.06. The van der Waals surface area contributed by atoms with Crippen LogP contribution in [0.5, 0.6) is 0 Å². The minimum Gasteiger partial charge on any atom is -0.399 e. The molecule has 2 rings (SSSR count). The number of aromatic nitrogens is 3. The average molecular weight is 336 g/mol. The maximum Gasteiger partial charge on any atom is 0.316 e. The van der Waals surface area contributed by atoms with E-state index in [2.05, 4.69) is 10.2 Å². The number of hydrogen-bond acceptors (Lipinski definition) is 4.